The molecule has 0 saturated carbocycles. The lowest BCUT2D eigenvalue weighted by Gasteiger charge is -2.09. The summed E-state index contributed by atoms with van der Waals surface area (Å²) >= 11 is 0. The molecule has 0 spiro atoms. The van der Waals surface area contributed by atoms with Gasteiger partial charge in [0.15, 0.2) is 0 Å². The van der Waals surface area contributed by atoms with Gasteiger partial charge in [-0.25, -0.2) is 18.5 Å². The molecule has 1 heterocycles. The van der Waals surface area contributed by atoms with Gasteiger partial charge in [0.25, 0.3) is 0 Å². The van der Waals surface area contributed by atoms with Gasteiger partial charge in [-0.2, -0.15) is 4.98 Å². The van der Waals surface area contributed by atoms with Gasteiger partial charge in [-0.15, -0.1) is 0 Å². The van der Waals surface area contributed by atoms with Crippen LogP contribution in [-0.2, 0) is 10.0 Å². The quantitative estimate of drug-likeness (QED) is 0.349. The molecular formula is C10H18N6O4S. The van der Waals surface area contributed by atoms with Crippen molar-refractivity contribution in [2.75, 3.05) is 29.5 Å². The third-order valence-corrected chi connectivity index (χ3v) is 3.33. The zero-order valence-electron chi connectivity index (χ0n) is 11.8. The summed E-state index contributed by atoms with van der Waals surface area (Å²) in [5.74, 6) is 0.116. The molecule has 1 aromatic heterocycles. The highest BCUT2D eigenvalue weighted by molar-refractivity contribution is 7.89. The summed E-state index contributed by atoms with van der Waals surface area (Å²) in [7, 11) is -3.55. The summed E-state index contributed by atoms with van der Waals surface area (Å²) in [6, 6.07) is 0. The van der Waals surface area contributed by atoms with E-state index in [1.165, 1.54) is 6.92 Å². The average molecular weight is 318 g/mol. The number of nitrogens with two attached hydrogens (primary N) is 1. The van der Waals surface area contributed by atoms with Crippen molar-refractivity contribution < 1.29 is 13.3 Å². The van der Waals surface area contributed by atoms with Gasteiger partial charge in [0.1, 0.15) is 5.69 Å². The molecule has 0 atom stereocenters. The van der Waals surface area contributed by atoms with E-state index >= 15 is 0 Å². The van der Waals surface area contributed by atoms with E-state index in [9.17, 15) is 18.5 Å². The first-order valence-corrected chi connectivity index (χ1v) is 7.97. The number of sulfonamides is 1. The minimum Gasteiger partial charge on any atom is -0.364 e. The van der Waals surface area contributed by atoms with Crippen LogP contribution < -0.4 is 15.8 Å². The van der Waals surface area contributed by atoms with Crippen LogP contribution in [-0.4, -0.2) is 42.2 Å². The Kier molecular flexibility index (Phi) is 5.79. The fourth-order valence-electron chi connectivity index (χ4n) is 1.63. The van der Waals surface area contributed by atoms with E-state index in [1.54, 1.807) is 0 Å². The molecule has 0 aliphatic heterocycles. The van der Waals surface area contributed by atoms with Gasteiger partial charge in [0.05, 0.1) is 10.7 Å². The van der Waals surface area contributed by atoms with Crippen LogP contribution in [0.4, 0.5) is 17.5 Å². The van der Waals surface area contributed by atoms with Crippen LogP contribution in [0.2, 0.25) is 0 Å². The van der Waals surface area contributed by atoms with Crippen LogP contribution in [0.3, 0.4) is 0 Å². The van der Waals surface area contributed by atoms with Crippen LogP contribution in [0.1, 0.15) is 19.0 Å². The second-order valence-corrected chi connectivity index (χ2v) is 6.00. The number of nitrogens with one attached hydrogen (secondary N) is 2. The lowest BCUT2D eigenvalue weighted by atomic mass is 10.3. The molecular weight excluding hydrogens is 300 g/mol. The van der Waals surface area contributed by atoms with Crippen molar-refractivity contribution in [1.82, 2.24) is 9.97 Å². The molecule has 0 aromatic carbocycles. The molecule has 0 saturated heterocycles. The Balaban J connectivity index is 2.89. The Morgan fingerprint density at radius 3 is 2.52 bits per heavy atom. The van der Waals surface area contributed by atoms with Crippen molar-refractivity contribution in [2.24, 2.45) is 5.14 Å². The minimum absolute atomic E-state index is 0.0536. The summed E-state index contributed by atoms with van der Waals surface area (Å²) < 4.78 is 21.6. The SMILES string of the molecule is CCNc1nc(C)c([N+](=O)[O-])c(NCCCS(N)(=O)=O)n1. The molecule has 0 aliphatic rings. The second-order valence-electron chi connectivity index (χ2n) is 4.26. The van der Waals surface area contributed by atoms with Gasteiger partial charge in [0, 0.05) is 13.1 Å². The van der Waals surface area contributed by atoms with E-state index in [0.29, 0.717) is 6.54 Å². The molecule has 118 valence electrons. The Morgan fingerprint density at radius 2 is 2.00 bits per heavy atom. The molecule has 0 amide bonds. The van der Waals surface area contributed by atoms with Crippen molar-refractivity contribution in [3.63, 3.8) is 0 Å². The summed E-state index contributed by atoms with van der Waals surface area (Å²) in [5, 5.41) is 21.6. The third-order valence-electron chi connectivity index (χ3n) is 2.47. The van der Waals surface area contributed by atoms with E-state index < -0.39 is 14.9 Å². The maximum atomic E-state index is 11.1. The molecule has 11 heteroatoms. The molecule has 0 fully saturated rings. The molecule has 0 unspecified atom stereocenters. The number of rotatable bonds is 8. The molecule has 10 nitrogen and oxygen atoms in total. The molecule has 4 N–H and O–H groups in total. The van der Waals surface area contributed by atoms with Gasteiger partial charge in [-0.1, -0.05) is 0 Å². The van der Waals surface area contributed by atoms with E-state index in [4.69, 9.17) is 5.14 Å². The highest BCUT2D eigenvalue weighted by Gasteiger charge is 2.21. The lowest BCUT2D eigenvalue weighted by Crippen LogP contribution is -2.19. The van der Waals surface area contributed by atoms with Crippen LogP contribution >= 0.6 is 0 Å². The fraction of sp³-hybridized carbons (Fsp3) is 0.600. The van der Waals surface area contributed by atoms with Crippen LogP contribution in [0, 0.1) is 17.0 Å². The Hall–Kier alpha value is -2.01. The van der Waals surface area contributed by atoms with Crippen LogP contribution in [0.25, 0.3) is 0 Å². The average Bonchev–Trinajstić information content (AvgIpc) is 2.33. The molecule has 1 aromatic rings. The van der Waals surface area contributed by atoms with Gasteiger partial charge in [-0.05, 0) is 20.3 Å². The summed E-state index contributed by atoms with van der Waals surface area (Å²) in [6.07, 6.45) is 0.218. The molecule has 0 radical (unpaired) electrons. The first-order valence-electron chi connectivity index (χ1n) is 6.26. The van der Waals surface area contributed by atoms with Gasteiger partial charge < -0.3 is 10.6 Å². The lowest BCUT2D eigenvalue weighted by molar-refractivity contribution is -0.385. The van der Waals surface area contributed by atoms with Crippen molar-refractivity contribution in [3.8, 4) is 0 Å². The monoisotopic (exact) mass is 318 g/mol. The number of anilines is 2. The smallest absolute Gasteiger partial charge is 0.332 e. The maximum Gasteiger partial charge on any atom is 0.332 e. The van der Waals surface area contributed by atoms with E-state index in [0.717, 1.165) is 0 Å². The first kappa shape index (κ1) is 17.0. The Bertz CT molecular complexity index is 618. The minimum atomic E-state index is -3.55. The zero-order chi connectivity index (χ0) is 16.0. The number of primary sulfonamides is 1. The summed E-state index contributed by atoms with van der Waals surface area (Å²) in [6.45, 7) is 4.12. The fourth-order valence-corrected chi connectivity index (χ4v) is 2.17. The first-order chi connectivity index (χ1) is 9.74. The third kappa shape index (κ3) is 5.47. The molecule has 21 heavy (non-hydrogen) atoms. The highest BCUT2D eigenvalue weighted by atomic mass is 32.2. The number of aryl methyl sites for hydroxylation is 1. The number of aromatic nitrogens is 2. The van der Waals surface area contributed by atoms with Gasteiger partial charge in [-0.3, -0.25) is 10.1 Å². The predicted octanol–water partition coefficient (Wildman–Crippen LogP) is 0.216. The van der Waals surface area contributed by atoms with Gasteiger partial charge in [0.2, 0.25) is 21.8 Å². The van der Waals surface area contributed by atoms with E-state index in [1.807, 2.05) is 6.92 Å². The highest BCUT2D eigenvalue weighted by Crippen LogP contribution is 2.26. The number of hydrogen-bond acceptors (Lipinski definition) is 8. The number of nitrogens with zero attached hydrogens (tertiary/aromatic N) is 3. The van der Waals surface area contributed by atoms with Crippen molar-refractivity contribution in [3.05, 3.63) is 15.8 Å². The maximum absolute atomic E-state index is 11.1. The summed E-state index contributed by atoms with van der Waals surface area (Å²) in [4.78, 5) is 18.5. The normalized spacial score (nSPS) is 11.2. The molecule has 0 aliphatic carbocycles. The second kappa shape index (κ2) is 7.13. The van der Waals surface area contributed by atoms with Crippen molar-refractivity contribution >= 4 is 27.5 Å². The standard InChI is InChI=1S/C10H18N6O4S/c1-3-12-10-14-7(2)8(16(17)18)9(15-10)13-5-4-6-21(11,19)20/h3-6H2,1-2H3,(H2,11,19,20)(H2,12,13,14,15). The number of hydrogen-bond donors (Lipinski definition) is 3. The predicted molar refractivity (Wildman–Crippen MR) is 78.7 cm³/mol. The van der Waals surface area contributed by atoms with E-state index in [2.05, 4.69) is 20.6 Å². The van der Waals surface area contributed by atoms with Crippen molar-refractivity contribution in [1.29, 1.82) is 0 Å². The Morgan fingerprint density at radius 1 is 1.33 bits per heavy atom. The van der Waals surface area contributed by atoms with Gasteiger partial charge >= 0.3 is 5.69 Å². The zero-order valence-corrected chi connectivity index (χ0v) is 12.6. The molecule has 1 rings (SSSR count). The number of nitro groups is 1. The largest absolute Gasteiger partial charge is 0.364 e. The molecule has 0 bridgehead atoms. The van der Waals surface area contributed by atoms with E-state index in [-0.39, 0.29) is 41.9 Å². The topological polar surface area (TPSA) is 153 Å². The van der Waals surface area contributed by atoms with Crippen LogP contribution in [0.15, 0.2) is 0 Å². The van der Waals surface area contributed by atoms with Crippen LogP contribution in [0.5, 0.6) is 0 Å². The summed E-state index contributed by atoms with van der Waals surface area (Å²) in [5.41, 5.74) is -0.00726. The van der Waals surface area contributed by atoms with Crippen molar-refractivity contribution in [2.45, 2.75) is 20.3 Å². The Labute approximate surface area is 122 Å².